The van der Waals surface area contributed by atoms with E-state index in [-0.39, 0.29) is 18.2 Å². The third-order valence-corrected chi connectivity index (χ3v) is 5.35. The normalized spacial score (nSPS) is 16.3. The van der Waals surface area contributed by atoms with Crippen molar-refractivity contribution < 1.29 is 13.6 Å². The minimum absolute atomic E-state index is 0.108. The van der Waals surface area contributed by atoms with Crippen LogP contribution in [0.3, 0.4) is 0 Å². The van der Waals surface area contributed by atoms with Crippen molar-refractivity contribution in [3.05, 3.63) is 48.2 Å². The van der Waals surface area contributed by atoms with Crippen LogP contribution in [-0.4, -0.2) is 30.9 Å². The molecule has 0 aromatic carbocycles. The Labute approximate surface area is 157 Å². The molecule has 0 saturated carbocycles. The van der Waals surface area contributed by atoms with Crippen LogP contribution in [-0.2, 0) is 11.8 Å². The summed E-state index contributed by atoms with van der Waals surface area (Å²) in [6.07, 6.45) is 3.49. The van der Waals surface area contributed by atoms with Gasteiger partial charge in [0.05, 0.1) is 12.2 Å². The molecule has 0 radical (unpaired) electrons. The summed E-state index contributed by atoms with van der Waals surface area (Å²) in [6, 6.07) is 7.40. The van der Waals surface area contributed by atoms with E-state index in [1.54, 1.807) is 12.6 Å². The van der Waals surface area contributed by atoms with E-state index in [1.807, 2.05) is 35.9 Å². The van der Waals surface area contributed by atoms with Gasteiger partial charge in [-0.2, -0.15) is 5.10 Å². The van der Waals surface area contributed by atoms with Crippen molar-refractivity contribution in [3.63, 3.8) is 0 Å². The highest BCUT2D eigenvalue weighted by Crippen LogP contribution is 2.43. The molecule has 5 rings (SSSR count). The summed E-state index contributed by atoms with van der Waals surface area (Å²) in [5, 5.41) is 19.3. The number of anilines is 1. The number of nitrogens with one attached hydrogen (secondary N) is 2. The smallest absolute Gasteiger partial charge is 0.226 e. The van der Waals surface area contributed by atoms with Crippen LogP contribution in [0, 0.1) is 0 Å². The van der Waals surface area contributed by atoms with E-state index < -0.39 is 0 Å². The maximum absolute atomic E-state index is 12.2. The number of hydrogen-bond acceptors (Lipinski definition) is 7. The molecule has 5 heterocycles. The Morgan fingerprint density at radius 1 is 1.33 bits per heavy atom. The van der Waals surface area contributed by atoms with Crippen molar-refractivity contribution in [2.75, 3.05) is 5.32 Å². The molecule has 1 amide bonds. The molecule has 1 aliphatic rings. The molecule has 0 fully saturated rings. The molecular formula is C17H14N6O3S. The zero-order valence-corrected chi connectivity index (χ0v) is 15.0. The lowest BCUT2D eigenvalue weighted by molar-refractivity contribution is -0.116. The molecule has 0 bridgehead atoms. The third-order valence-electron chi connectivity index (χ3n) is 4.37. The zero-order chi connectivity index (χ0) is 18.4. The molecule has 0 aliphatic carbocycles. The Morgan fingerprint density at radius 3 is 3.04 bits per heavy atom. The molecule has 1 aliphatic heterocycles. The molecular weight excluding hydrogens is 368 g/mol. The van der Waals surface area contributed by atoms with Crippen LogP contribution in [0.15, 0.2) is 55.9 Å². The lowest BCUT2D eigenvalue weighted by Gasteiger charge is -2.20. The van der Waals surface area contributed by atoms with Gasteiger partial charge in [0.25, 0.3) is 0 Å². The quantitative estimate of drug-likeness (QED) is 0.557. The molecule has 27 heavy (non-hydrogen) atoms. The number of aromatic nitrogens is 5. The van der Waals surface area contributed by atoms with Crippen molar-refractivity contribution >= 4 is 23.5 Å². The largest absolute Gasteiger partial charge is 0.463 e. The SMILES string of the molecule is Cn1cnnc1Sc1ccc([C@@H]2CC(=O)Nc3n[nH]c(-c4ccco4)c32)o1. The van der Waals surface area contributed by atoms with Gasteiger partial charge in [-0.05, 0) is 36.0 Å². The number of hydrogen-bond donors (Lipinski definition) is 2. The monoisotopic (exact) mass is 382 g/mol. The second kappa shape index (κ2) is 6.16. The molecule has 1 atom stereocenters. The Balaban J connectivity index is 1.52. The van der Waals surface area contributed by atoms with E-state index in [0.717, 1.165) is 16.4 Å². The summed E-state index contributed by atoms with van der Waals surface area (Å²) < 4.78 is 13.3. The van der Waals surface area contributed by atoms with Gasteiger partial charge < -0.3 is 18.7 Å². The number of fused-ring (bicyclic) bond motifs is 1. The van der Waals surface area contributed by atoms with Crippen LogP contribution in [0.4, 0.5) is 5.82 Å². The van der Waals surface area contributed by atoms with Gasteiger partial charge in [-0.25, -0.2) is 0 Å². The minimum Gasteiger partial charge on any atom is -0.463 e. The van der Waals surface area contributed by atoms with E-state index in [9.17, 15) is 4.79 Å². The van der Waals surface area contributed by atoms with Gasteiger partial charge in [0, 0.05) is 19.0 Å². The van der Waals surface area contributed by atoms with Crippen LogP contribution in [0.25, 0.3) is 11.5 Å². The molecule has 0 unspecified atom stereocenters. The number of H-pyrrole nitrogens is 1. The van der Waals surface area contributed by atoms with Crippen LogP contribution >= 0.6 is 11.8 Å². The van der Waals surface area contributed by atoms with Crippen molar-refractivity contribution in [1.82, 2.24) is 25.0 Å². The molecule has 4 aromatic heterocycles. The van der Waals surface area contributed by atoms with Gasteiger partial charge >= 0.3 is 0 Å². The van der Waals surface area contributed by atoms with Gasteiger partial charge in [-0.3, -0.25) is 9.89 Å². The van der Waals surface area contributed by atoms with Gasteiger partial charge in [0.1, 0.15) is 17.8 Å². The van der Waals surface area contributed by atoms with Crippen LogP contribution < -0.4 is 5.32 Å². The number of carbonyl (C=O) groups excluding carboxylic acids is 1. The predicted octanol–water partition coefficient (Wildman–Crippen LogP) is 3.02. The Bertz CT molecular complexity index is 1110. The van der Waals surface area contributed by atoms with Crippen molar-refractivity contribution in [2.45, 2.75) is 22.6 Å². The van der Waals surface area contributed by atoms with Gasteiger partial charge in [0.2, 0.25) is 5.91 Å². The topological polar surface area (TPSA) is 115 Å². The standard InChI is InChI=1S/C17H14N6O3S/c1-23-8-18-22-17(23)27-13-5-4-10(26-13)9-7-12(24)19-16-14(9)15(20-21-16)11-3-2-6-25-11/h2-6,8-9H,7H2,1H3,(H2,19,20,21,24)/t9-/m0/s1. The van der Waals surface area contributed by atoms with Crippen molar-refractivity contribution in [3.8, 4) is 11.5 Å². The summed E-state index contributed by atoms with van der Waals surface area (Å²) in [5.41, 5.74) is 1.59. The average Bonchev–Trinajstić information content (AvgIpc) is 3.42. The summed E-state index contributed by atoms with van der Waals surface area (Å²) >= 11 is 1.37. The number of nitrogens with zero attached hydrogens (tertiary/aromatic N) is 4. The summed E-state index contributed by atoms with van der Waals surface area (Å²) in [6.45, 7) is 0. The molecule has 2 N–H and O–H groups in total. The van der Waals surface area contributed by atoms with Gasteiger partial charge in [-0.15, -0.1) is 10.2 Å². The van der Waals surface area contributed by atoms with E-state index in [4.69, 9.17) is 8.83 Å². The fraction of sp³-hybridized carbons (Fsp3) is 0.176. The fourth-order valence-corrected chi connectivity index (χ4v) is 3.87. The highest BCUT2D eigenvalue weighted by molar-refractivity contribution is 7.99. The number of furan rings is 2. The Kier molecular flexibility index (Phi) is 3.64. The summed E-state index contributed by atoms with van der Waals surface area (Å²) in [4.78, 5) is 12.2. The minimum atomic E-state index is -0.263. The lowest BCUT2D eigenvalue weighted by Crippen LogP contribution is -2.23. The molecule has 136 valence electrons. The number of amides is 1. The summed E-state index contributed by atoms with van der Waals surface area (Å²) in [5.74, 6) is 1.47. The first-order chi connectivity index (χ1) is 13.2. The van der Waals surface area contributed by atoms with E-state index in [1.165, 1.54) is 11.8 Å². The maximum Gasteiger partial charge on any atom is 0.226 e. The highest BCUT2D eigenvalue weighted by Gasteiger charge is 2.34. The second-order valence-corrected chi connectivity index (χ2v) is 7.10. The maximum atomic E-state index is 12.2. The highest BCUT2D eigenvalue weighted by atomic mass is 32.2. The second-order valence-electron chi connectivity index (χ2n) is 6.13. The van der Waals surface area contributed by atoms with Crippen LogP contribution in [0.5, 0.6) is 0 Å². The number of aryl methyl sites for hydroxylation is 1. The summed E-state index contributed by atoms with van der Waals surface area (Å²) in [7, 11) is 1.87. The predicted molar refractivity (Wildman–Crippen MR) is 95.2 cm³/mol. The molecule has 10 heteroatoms. The Hall–Kier alpha value is -3.27. The van der Waals surface area contributed by atoms with E-state index in [0.29, 0.717) is 22.4 Å². The van der Waals surface area contributed by atoms with E-state index in [2.05, 4.69) is 25.7 Å². The number of aromatic amines is 1. The zero-order valence-electron chi connectivity index (χ0n) is 14.2. The third kappa shape index (κ3) is 2.74. The number of rotatable bonds is 4. The lowest BCUT2D eigenvalue weighted by atomic mass is 9.89. The van der Waals surface area contributed by atoms with E-state index >= 15 is 0 Å². The molecule has 0 saturated heterocycles. The van der Waals surface area contributed by atoms with Gasteiger partial charge in [-0.1, -0.05) is 0 Å². The van der Waals surface area contributed by atoms with Crippen molar-refractivity contribution in [1.29, 1.82) is 0 Å². The van der Waals surface area contributed by atoms with Gasteiger partial charge in [0.15, 0.2) is 21.8 Å². The van der Waals surface area contributed by atoms with Crippen LogP contribution in [0.2, 0.25) is 0 Å². The first-order valence-corrected chi connectivity index (χ1v) is 9.04. The average molecular weight is 382 g/mol. The van der Waals surface area contributed by atoms with Crippen LogP contribution in [0.1, 0.15) is 23.7 Å². The Morgan fingerprint density at radius 2 is 2.26 bits per heavy atom. The first kappa shape index (κ1) is 15.9. The molecule has 4 aromatic rings. The molecule has 0 spiro atoms. The fourth-order valence-electron chi connectivity index (χ4n) is 3.14. The molecule has 9 nitrogen and oxygen atoms in total. The first-order valence-electron chi connectivity index (χ1n) is 8.22. The number of carbonyl (C=O) groups is 1. The van der Waals surface area contributed by atoms with Crippen molar-refractivity contribution in [2.24, 2.45) is 7.05 Å².